The average Bonchev–Trinajstić information content (AvgIpc) is 2.33. The smallest absolute Gasteiger partial charge is 0.257 e. The second-order valence-electron chi connectivity index (χ2n) is 4.45. The summed E-state index contributed by atoms with van der Waals surface area (Å²) in [7, 11) is 0. The molecular weight excluding hydrogens is 240 g/mol. The van der Waals surface area contributed by atoms with Crippen LogP contribution in [0, 0.1) is 18.6 Å². The molecule has 1 aromatic carbocycles. The molecule has 3 nitrogen and oxygen atoms in total. The largest absolute Gasteiger partial charge is 0.331 e. The van der Waals surface area contributed by atoms with Crippen molar-refractivity contribution in [3.05, 3.63) is 34.9 Å². The minimum absolute atomic E-state index is 0.00863. The van der Waals surface area contributed by atoms with E-state index < -0.39 is 17.5 Å². The highest BCUT2D eigenvalue weighted by Gasteiger charge is 2.25. The summed E-state index contributed by atoms with van der Waals surface area (Å²) in [6.45, 7) is 1.90. The summed E-state index contributed by atoms with van der Waals surface area (Å²) in [5, 5.41) is 0. The summed E-state index contributed by atoms with van der Waals surface area (Å²) < 4.78 is 26.7. The summed E-state index contributed by atoms with van der Waals surface area (Å²) in [5.41, 5.74) is 0.0340. The van der Waals surface area contributed by atoms with E-state index >= 15 is 0 Å². The van der Waals surface area contributed by atoms with Gasteiger partial charge in [-0.05, 0) is 25.0 Å². The molecule has 0 aromatic heterocycles. The van der Waals surface area contributed by atoms with E-state index in [9.17, 15) is 18.4 Å². The SMILES string of the molecule is Cc1cc(C(=O)N2CCCC(=O)C2)c(F)cc1F. The van der Waals surface area contributed by atoms with E-state index in [-0.39, 0.29) is 23.5 Å². The van der Waals surface area contributed by atoms with E-state index in [1.807, 2.05) is 0 Å². The van der Waals surface area contributed by atoms with E-state index in [2.05, 4.69) is 0 Å². The van der Waals surface area contributed by atoms with Crippen molar-refractivity contribution >= 4 is 11.7 Å². The minimum atomic E-state index is -0.888. The maximum Gasteiger partial charge on any atom is 0.257 e. The van der Waals surface area contributed by atoms with Crippen molar-refractivity contribution in [1.29, 1.82) is 0 Å². The van der Waals surface area contributed by atoms with Crippen molar-refractivity contribution in [2.75, 3.05) is 13.1 Å². The van der Waals surface area contributed by atoms with Crippen molar-refractivity contribution in [3.8, 4) is 0 Å². The molecule has 1 amide bonds. The molecule has 0 saturated carbocycles. The van der Waals surface area contributed by atoms with E-state index in [4.69, 9.17) is 0 Å². The van der Waals surface area contributed by atoms with E-state index in [0.717, 1.165) is 0 Å². The predicted molar refractivity (Wildman–Crippen MR) is 61.2 cm³/mol. The Morgan fingerprint density at radius 1 is 1.28 bits per heavy atom. The van der Waals surface area contributed by atoms with Gasteiger partial charge >= 0.3 is 0 Å². The molecule has 5 heteroatoms. The lowest BCUT2D eigenvalue weighted by molar-refractivity contribution is -0.121. The molecule has 1 aliphatic heterocycles. The van der Waals surface area contributed by atoms with Crippen LogP contribution in [0.5, 0.6) is 0 Å². The lowest BCUT2D eigenvalue weighted by Gasteiger charge is -2.26. The van der Waals surface area contributed by atoms with Crippen LogP contribution in [-0.2, 0) is 4.79 Å². The molecule has 1 aromatic rings. The van der Waals surface area contributed by atoms with Crippen LogP contribution < -0.4 is 0 Å². The molecule has 18 heavy (non-hydrogen) atoms. The first-order valence-corrected chi connectivity index (χ1v) is 5.75. The Hall–Kier alpha value is -1.78. The van der Waals surface area contributed by atoms with Gasteiger partial charge in [0, 0.05) is 19.0 Å². The number of hydrogen-bond donors (Lipinski definition) is 0. The molecule has 1 aliphatic rings. The third-order valence-electron chi connectivity index (χ3n) is 3.02. The number of halogens is 2. The number of amides is 1. The molecule has 96 valence electrons. The van der Waals surface area contributed by atoms with Gasteiger partial charge in [-0.2, -0.15) is 0 Å². The van der Waals surface area contributed by atoms with Gasteiger partial charge in [0.05, 0.1) is 12.1 Å². The normalized spacial score (nSPS) is 15.9. The number of Topliss-reactive ketones (excluding diaryl/α,β-unsaturated/α-hetero) is 1. The van der Waals surface area contributed by atoms with Gasteiger partial charge < -0.3 is 4.90 Å². The number of carbonyl (C=O) groups is 2. The fraction of sp³-hybridized carbons (Fsp3) is 0.385. The first-order valence-electron chi connectivity index (χ1n) is 5.75. The second-order valence-corrected chi connectivity index (χ2v) is 4.45. The molecule has 2 rings (SSSR count). The molecule has 0 spiro atoms. The van der Waals surface area contributed by atoms with Crippen molar-refractivity contribution < 1.29 is 18.4 Å². The minimum Gasteiger partial charge on any atom is -0.331 e. The number of rotatable bonds is 1. The van der Waals surface area contributed by atoms with Crippen LogP contribution in [0.15, 0.2) is 12.1 Å². The summed E-state index contributed by atoms with van der Waals surface area (Å²) in [6, 6.07) is 1.89. The van der Waals surface area contributed by atoms with Gasteiger partial charge in [-0.15, -0.1) is 0 Å². The number of aryl methyl sites for hydroxylation is 1. The number of likely N-dealkylation sites (tertiary alicyclic amines) is 1. The molecule has 0 atom stereocenters. The third kappa shape index (κ3) is 2.39. The van der Waals surface area contributed by atoms with Crippen LogP contribution in [0.3, 0.4) is 0 Å². The fourth-order valence-electron chi connectivity index (χ4n) is 2.00. The van der Waals surface area contributed by atoms with Crippen LogP contribution in [-0.4, -0.2) is 29.7 Å². The quantitative estimate of drug-likeness (QED) is 0.768. The maximum absolute atomic E-state index is 13.6. The zero-order valence-corrected chi connectivity index (χ0v) is 10.0. The molecule has 1 saturated heterocycles. The number of ketones is 1. The Morgan fingerprint density at radius 2 is 2.00 bits per heavy atom. The van der Waals surface area contributed by atoms with Crippen molar-refractivity contribution in [2.45, 2.75) is 19.8 Å². The molecule has 0 unspecified atom stereocenters. The molecule has 1 heterocycles. The lowest BCUT2D eigenvalue weighted by atomic mass is 10.1. The molecule has 0 radical (unpaired) electrons. The maximum atomic E-state index is 13.6. The Balaban J connectivity index is 2.28. The van der Waals surface area contributed by atoms with Gasteiger partial charge in [-0.1, -0.05) is 0 Å². The van der Waals surface area contributed by atoms with E-state index in [1.54, 1.807) is 0 Å². The number of benzene rings is 1. The van der Waals surface area contributed by atoms with Crippen LogP contribution in [0.1, 0.15) is 28.8 Å². The van der Waals surface area contributed by atoms with Gasteiger partial charge in [-0.25, -0.2) is 8.78 Å². The standard InChI is InChI=1S/C13H13F2NO2/c1-8-5-10(12(15)6-11(8)14)13(18)16-4-2-3-9(17)7-16/h5-6H,2-4,7H2,1H3. The summed E-state index contributed by atoms with van der Waals surface area (Å²) in [6.07, 6.45) is 1.04. The monoisotopic (exact) mass is 253 g/mol. The van der Waals surface area contributed by atoms with E-state index in [1.165, 1.54) is 17.9 Å². The zero-order valence-electron chi connectivity index (χ0n) is 10.0. The number of carbonyl (C=O) groups excluding carboxylic acids is 2. The van der Waals surface area contributed by atoms with Crippen LogP contribution in [0.4, 0.5) is 8.78 Å². The van der Waals surface area contributed by atoms with Crippen LogP contribution >= 0.6 is 0 Å². The van der Waals surface area contributed by atoms with Gasteiger partial charge in [0.15, 0.2) is 5.78 Å². The lowest BCUT2D eigenvalue weighted by Crippen LogP contribution is -2.40. The van der Waals surface area contributed by atoms with Crippen molar-refractivity contribution in [2.24, 2.45) is 0 Å². The molecule has 1 fully saturated rings. The summed E-state index contributed by atoms with van der Waals surface area (Å²) in [4.78, 5) is 24.6. The van der Waals surface area contributed by atoms with Crippen molar-refractivity contribution in [3.63, 3.8) is 0 Å². The van der Waals surface area contributed by atoms with Crippen LogP contribution in [0.25, 0.3) is 0 Å². The molecule has 0 N–H and O–H groups in total. The molecule has 0 bridgehead atoms. The Morgan fingerprint density at radius 3 is 2.67 bits per heavy atom. The first kappa shape index (κ1) is 12.7. The number of hydrogen-bond acceptors (Lipinski definition) is 2. The number of nitrogens with zero attached hydrogens (tertiary/aromatic N) is 1. The third-order valence-corrected chi connectivity index (χ3v) is 3.02. The summed E-state index contributed by atoms with van der Waals surface area (Å²) >= 11 is 0. The average molecular weight is 253 g/mol. The van der Waals surface area contributed by atoms with Crippen molar-refractivity contribution in [1.82, 2.24) is 4.90 Å². The van der Waals surface area contributed by atoms with Gasteiger partial charge in [0.1, 0.15) is 11.6 Å². The highest BCUT2D eigenvalue weighted by atomic mass is 19.1. The Labute approximate surface area is 103 Å². The Bertz CT molecular complexity index is 514. The first-order chi connectivity index (χ1) is 8.49. The predicted octanol–water partition coefficient (Wildman–Crippen LogP) is 2.08. The Kier molecular flexibility index (Phi) is 3.41. The molecular formula is C13H13F2NO2. The molecule has 0 aliphatic carbocycles. The highest BCUT2D eigenvalue weighted by molar-refractivity contribution is 5.97. The van der Waals surface area contributed by atoms with Crippen LogP contribution in [0.2, 0.25) is 0 Å². The van der Waals surface area contributed by atoms with E-state index in [0.29, 0.717) is 25.5 Å². The second kappa shape index (κ2) is 4.84. The van der Waals surface area contributed by atoms with Gasteiger partial charge in [-0.3, -0.25) is 9.59 Å². The van der Waals surface area contributed by atoms with Gasteiger partial charge in [0.25, 0.3) is 5.91 Å². The fourth-order valence-corrected chi connectivity index (χ4v) is 2.00. The zero-order chi connectivity index (χ0) is 13.3. The topological polar surface area (TPSA) is 37.4 Å². The number of piperidine rings is 1. The summed E-state index contributed by atoms with van der Waals surface area (Å²) in [5.74, 6) is -2.16. The van der Waals surface area contributed by atoms with Gasteiger partial charge in [0.2, 0.25) is 0 Å². The highest BCUT2D eigenvalue weighted by Crippen LogP contribution is 2.18.